The Morgan fingerprint density at radius 2 is 1.88 bits per heavy atom. The number of nitrogens with two attached hydrogens (primary N) is 1. The van der Waals surface area contributed by atoms with Crippen molar-refractivity contribution in [2.45, 2.75) is 71.9 Å². The molecule has 0 saturated carbocycles. The van der Waals surface area contributed by atoms with Gasteiger partial charge in [-0.15, -0.1) is 0 Å². The fraction of sp³-hybridized carbons (Fsp3) is 0.708. The summed E-state index contributed by atoms with van der Waals surface area (Å²) in [6.07, 6.45) is 2.29. The number of nitrogens with zero attached hydrogens (tertiary/aromatic N) is 1. The van der Waals surface area contributed by atoms with E-state index in [4.69, 9.17) is 10.5 Å². The average Bonchev–Trinajstić information content (AvgIpc) is 2.74. The number of ether oxygens (including phenoxy) is 1. The summed E-state index contributed by atoms with van der Waals surface area (Å²) in [5, 5.41) is 3.33. The standard InChI is InChI=1S/C24H42BrN3O4S/c1-5-13-28(14-6-2)33(30,31)15-11-24(29)32-23(18-27-12-10-19(3)4)22(26)17-20-8-7-9-21(25)16-20/h7-9,16,19,22-23,27H,5-6,10-15,17-18,26H2,1-4H3/t22-,23+/m0/s1. The summed E-state index contributed by atoms with van der Waals surface area (Å²) in [6, 6.07) is 7.45. The number of nitrogens with one attached hydrogen (secondary N) is 1. The van der Waals surface area contributed by atoms with Crippen LogP contribution in [0.4, 0.5) is 0 Å². The predicted molar refractivity (Wildman–Crippen MR) is 139 cm³/mol. The number of esters is 1. The lowest BCUT2D eigenvalue weighted by molar-refractivity contribution is -0.149. The highest BCUT2D eigenvalue weighted by Gasteiger charge is 2.26. The number of hydrogen-bond donors (Lipinski definition) is 2. The van der Waals surface area contributed by atoms with Crippen LogP contribution in [0.25, 0.3) is 0 Å². The van der Waals surface area contributed by atoms with Gasteiger partial charge in [0.1, 0.15) is 6.10 Å². The molecule has 0 aliphatic carbocycles. The molecule has 33 heavy (non-hydrogen) atoms. The summed E-state index contributed by atoms with van der Waals surface area (Å²) in [6.45, 7) is 10.3. The molecule has 7 nitrogen and oxygen atoms in total. The normalized spacial score (nSPS) is 13.9. The third-order valence-electron chi connectivity index (χ3n) is 5.27. The van der Waals surface area contributed by atoms with Crippen molar-refractivity contribution in [3.8, 4) is 0 Å². The lowest BCUT2D eigenvalue weighted by Gasteiger charge is -2.25. The Morgan fingerprint density at radius 3 is 2.45 bits per heavy atom. The van der Waals surface area contributed by atoms with Crippen LogP contribution in [0.1, 0.15) is 58.9 Å². The SMILES string of the molecule is CCCN(CCC)S(=O)(=O)CCC(=O)O[C@H](CNCCC(C)C)[C@@H](N)Cc1cccc(Br)c1. The molecule has 2 atom stereocenters. The highest BCUT2D eigenvalue weighted by atomic mass is 79.9. The number of benzene rings is 1. The first kappa shape index (κ1) is 30.0. The zero-order valence-electron chi connectivity index (χ0n) is 20.6. The van der Waals surface area contributed by atoms with Gasteiger partial charge in [-0.05, 0) is 55.8 Å². The fourth-order valence-electron chi connectivity index (χ4n) is 3.44. The number of rotatable bonds is 17. The Bertz CT molecular complexity index is 799. The number of carbonyl (C=O) groups is 1. The first-order valence-corrected chi connectivity index (χ1v) is 14.4. The van der Waals surface area contributed by atoms with E-state index >= 15 is 0 Å². The highest BCUT2D eigenvalue weighted by Crippen LogP contribution is 2.15. The molecule has 3 N–H and O–H groups in total. The molecule has 0 saturated heterocycles. The molecule has 190 valence electrons. The quantitative estimate of drug-likeness (QED) is 0.227. The molecule has 9 heteroatoms. The van der Waals surface area contributed by atoms with E-state index in [9.17, 15) is 13.2 Å². The summed E-state index contributed by atoms with van der Waals surface area (Å²) in [5.41, 5.74) is 7.48. The van der Waals surface area contributed by atoms with Crippen molar-refractivity contribution in [2.75, 3.05) is 31.9 Å². The van der Waals surface area contributed by atoms with Crippen molar-refractivity contribution in [2.24, 2.45) is 11.7 Å². The van der Waals surface area contributed by atoms with Gasteiger partial charge in [-0.2, -0.15) is 0 Å². The van der Waals surface area contributed by atoms with Gasteiger partial charge < -0.3 is 15.8 Å². The summed E-state index contributed by atoms with van der Waals surface area (Å²) >= 11 is 3.47. The topological polar surface area (TPSA) is 102 Å². The van der Waals surface area contributed by atoms with Crippen molar-refractivity contribution >= 4 is 31.9 Å². The number of carbonyl (C=O) groups excluding carboxylic acids is 1. The lowest BCUT2D eigenvalue weighted by atomic mass is 10.0. The smallest absolute Gasteiger partial charge is 0.307 e. The van der Waals surface area contributed by atoms with Crippen LogP contribution in [-0.2, 0) is 26.0 Å². The van der Waals surface area contributed by atoms with E-state index in [-0.39, 0.29) is 12.2 Å². The van der Waals surface area contributed by atoms with Crippen LogP contribution >= 0.6 is 15.9 Å². The van der Waals surface area contributed by atoms with Crippen LogP contribution in [0.3, 0.4) is 0 Å². The van der Waals surface area contributed by atoms with Crippen molar-refractivity contribution < 1.29 is 17.9 Å². The van der Waals surface area contributed by atoms with E-state index < -0.39 is 28.1 Å². The average molecular weight is 549 g/mol. The maximum Gasteiger partial charge on any atom is 0.307 e. The zero-order chi connectivity index (χ0) is 24.9. The maximum absolute atomic E-state index is 12.7. The minimum Gasteiger partial charge on any atom is -0.459 e. The monoisotopic (exact) mass is 547 g/mol. The second-order valence-electron chi connectivity index (χ2n) is 8.88. The second kappa shape index (κ2) is 15.8. The molecular formula is C24H42BrN3O4S. The van der Waals surface area contributed by atoms with Gasteiger partial charge in [0.2, 0.25) is 10.0 Å². The van der Waals surface area contributed by atoms with Gasteiger partial charge in [0.25, 0.3) is 0 Å². The van der Waals surface area contributed by atoms with Gasteiger partial charge in [-0.1, -0.05) is 55.8 Å². The molecule has 0 aromatic heterocycles. The lowest BCUT2D eigenvalue weighted by Crippen LogP contribution is -2.46. The third-order valence-corrected chi connectivity index (χ3v) is 7.63. The molecule has 1 aromatic carbocycles. The summed E-state index contributed by atoms with van der Waals surface area (Å²) in [5.74, 6) is -0.222. The van der Waals surface area contributed by atoms with Crippen LogP contribution in [0, 0.1) is 5.92 Å². The molecule has 0 spiro atoms. The third kappa shape index (κ3) is 12.3. The Hall–Kier alpha value is -1.00. The van der Waals surface area contributed by atoms with Gasteiger partial charge in [0.15, 0.2) is 0 Å². The van der Waals surface area contributed by atoms with Crippen molar-refractivity contribution in [3.05, 3.63) is 34.3 Å². The van der Waals surface area contributed by atoms with E-state index in [2.05, 4.69) is 35.1 Å². The molecule has 0 heterocycles. The minimum absolute atomic E-state index is 0.182. The zero-order valence-corrected chi connectivity index (χ0v) is 23.0. The van der Waals surface area contributed by atoms with Gasteiger partial charge in [-0.25, -0.2) is 12.7 Å². The van der Waals surface area contributed by atoms with Gasteiger partial charge in [0.05, 0.1) is 12.2 Å². The molecule has 1 rings (SSSR count). The Kier molecular flexibility index (Phi) is 14.4. The van der Waals surface area contributed by atoms with E-state index in [1.54, 1.807) is 0 Å². The number of sulfonamides is 1. The minimum atomic E-state index is -3.50. The highest BCUT2D eigenvalue weighted by molar-refractivity contribution is 9.10. The van der Waals surface area contributed by atoms with E-state index in [0.29, 0.717) is 32.0 Å². The van der Waals surface area contributed by atoms with E-state index in [1.165, 1.54) is 4.31 Å². The second-order valence-corrected chi connectivity index (χ2v) is 11.9. The molecule has 0 unspecified atom stereocenters. The van der Waals surface area contributed by atoms with Crippen LogP contribution in [0.15, 0.2) is 28.7 Å². The first-order valence-electron chi connectivity index (χ1n) is 12.0. The Labute approximate surface area is 209 Å². The van der Waals surface area contributed by atoms with Crippen molar-refractivity contribution in [3.63, 3.8) is 0 Å². The van der Waals surface area contributed by atoms with Crippen molar-refractivity contribution in [1.29, 1.82) is 0 Å². The summed E-state index contributed by atoms with van der Waals surface area (Å²) in [7, 11) is -3.50. The van der Waals surface area contributed by atoms with E-state index in [0.717, 1.165) is 35.8 Å². The predicted octanol–water partition coefficient (Wildman–Crippen LogP) is 3.71. The summed E-state index contributed by atoms with van der Waals surface area (Å²) < 4.78 is 33.4. The molecule has 1 aromatic rings. The Balaban J connectivity index is 2.76. The Morgan fingerprint density at radius 1 is 1.21 bits per heavy atom. The summed E-state index contributed by atoms with van der Waals surface area (Å²) in [4.78, 5) is 12.6. The molecule has 0 bridgehead atoms. The fourth-order valence-corrected chi connectivity index (χ4v) is 5.49. The first-order chi connectivity index (χ1) is 15.6. The maximum atomic E-state index is 12.7. The van der Waals surface area contributed by atoms with Crippen LogP contribution in [0.2, 0.25) is 0 Å². The molecule has 0 amide bonds. The van der Waals surface area contributed by atoms with Gasteiger partial charge in [0, 0.05) is 30.1 Å². The largest absolute Gasteiger partial charge is 0.459 e. The van der Waals surface area contributed by atoms with Crippen LogP contribution < -0.4 is 11.1 Å². The number of halogens is 1. The van der Waals surface area contributed by atoms with Gasteiger partial charge >= 0.3 is 5.97 Å². The molecular weight excluding hydrogens is 506 g/mol. The number of hydrogen-bond acceptors (Lipinski definition) is 6. The van der Waals surface area contributed by atoms with Crippen molar-refractivity contribution in [1.82, 2.24) is 9.62 Å². The van der Waals surface area contributed by atoms with Gasteiger partial charge in [-0.3, -0.25) is 4.79 Å². The molecule has 0 aliphatic heterocycles. The van der Waals surface area contributed by atoms with E-state index in [1.807, 2.05) is 38.1 Å². The van der Waals surface area contributed by atoms with Crippen LogP contribution in [-0.4, -0.2) is 62.8 Å². The molecule has 0 fully saturated rings. The molecule has 0 aliphatic rings. The molecule has 0 radical (unpaired) electrons. The van der Waals surface area contributed by atoms with Crippen LogP contribution in [0.5, 0.6) is 0 Å².